The fraction of sp³-hybridized carbons (Fsp3) is 0.733. The number of carboxylic acid groups (broad SMARTS) is 1. The average Bonchev–Trinajstić information content (AvgIpc) is 3.30. The zero-order chi connectivity index (χ0) is 28.6. The SMILES string of the molecule is O=C(N[C@@H](Cc1ccc(N(CCCl)CCCl)cc1)C(=O)O)OC1CCC[C@]2(C1)OOC1(O2)C2CC3CC(C2)CC1C3. The van der Waals surface area contributed by atoms with Crippen molar-refractivity contribution in [2.75, 3.05) is 29.7 Å². The first-order valence-electron chi connectivity index (χ1n) is 15.0. The monoisotopic (exact) mass is 610 g/mol. The fourth-order valence-corrected chi connectivity index (χ4v) is 8.62. The minimum absolute atomic E-state index is 0.123. The highest BCUT2D eigenvalue weighted by molar-refractivity contribution is 6.18. The lowest BCUT2D eigenvalue weighted by atomic mass is 9.53. The highest BCUT2D eigenvalue weighted by atomic mass is 35.5. The summed E-state index contributed by atoms with van der Waals surface area (Å²) in [6.45, 7) is 1.32. The highest BCUT2D eigenvalue weighted by Crippen LogP contribution is 2.63. The summed E-state index contributed by atoms with van der Waals surface area (Å²) in [5.74, 6) is 0.494. The molecule has 2 N–H and O–H groups in total. The summed E-state index contributed by atoms with van der Waals surface area (Å²) in [5.41, 5.74) is 1.73. The number of alkyl carbamates (subject to hydrolysis) is 1. The molecule has 6 aliphatic rings. The summed E-state index contributed by atoms with van der Waals surface area (Å²) in [5, 5.41) is 12.4. The topological polar surface area (TPSA) is 107 Å². The van der Waals surface area contributed by atoms with Crippen LogP contribution in [-0.4, -0.2) is 65.7 Å². The minimum Gasteiger partial charge on any atom is -0.480 e. The molecule has 1 saturated heterocycles. The molecule has 1 unspecified atom stereocenters. The molecule has 1 aromatic rings. The molecule has 7 rings (SSSR count). The van der Waals surface area contributed by atoms with E-state index in [-0.39, 0.29) is 6.42 Å². The van der Waals surface area contributed by atoms with Gasteiger partial charge in [-0.05, 0) is 74.5 Å². The number of carbonyl (C=O) groups is 2. The molecule has 2 spiro atoms. The van der Waals surface area contributed by atoms with Crippen LogP contribution in [-0.2, 0) is 30.5 Å². The van der Waals surface area contributed by atoms with E-state index in [0.717, 1.165) is 55.2 Å². The summed E-state index contributed by atoms with van der Waals surface area (Å²) in [6, 6.07) is 6.40. The first-order valence-corrected chi connectivity index (χ1v) is 16.1. The Kier molecular flexibility index (Phi) is 8.63. The molecule has 6 fully saturated rings. The van der Waals surface area contributed by atoms with Gasteiger partial charge in [0.25, 0.3) is 0 Å². The molecule has 1 heterocycles. The maximum atomic E-state index is 12.9. The van der Waals surface area contributed by atoms with E-state index in [4.69, 9.17) is 42.5 Å². The fourth-order valence-electron chi connectivity index (χ4n) is 8.21. The van der Waals surface area contributed by atoms with Gasteiger partial charge in [0.1, 0.15) is 12.1 Å². The second-order valence-corrected chi connectivity index (χ2v) is 13.4. The van der Waals surface area contributed by atoms with Crippen LogP contribution in [0.25, 0.3) is 0 Å². The number of halogens is 2. The lowest BCUT2D eigenvalue weighted by molar-refractivity contribution is -0.390. The Hall–Kier alpha value is -1.78. The zero-order valence-corrected chi connectivity index (χ0v) is 24.8. The van der Waals surface area contributed by atoms with Gasteiger partial charge < -0.3 is 24.8 Å². The number of carboxylic acids is 1. The Morgan fingerprint density at radius 2 is 1.68 bits per heavy atom. The van der Waals surface area contributed by atoms with Gasteiger partial charge in [0.15, 0.2) is 0 Å². The third kappa shape index (κ3) is 6.03. The van der Waals surface area contributed by atoms with Crippen LogP contribution in [0.4, 0.5) is 10.5 Å². The van der Waals surface area contributed by atoms with Crippen LogP contribution < -0.4 is 10.2 Å². The van der Waals surface area contributed by atoms with Crippen molar-refractivity contribution < 1.29 is 33.9 Å². The van der Waals surface area contributed by atoms with Crippen LogP contribution in [0.5, 0.6) is 0 Å². The van der Waals surface area contributed by atoms with Crippen molar-refractivity contribution in [3.05, 3.63) is 29.8 Å². The number of benzene rings is 1. The van der Waals surface area contributed by atoms with Crippen LogP contribution in [0.15, 0.2) is 24.3 Å². The van der Waals surface area contributed by atoms with E-state index in [9.17, 15) is 14.7 Å². The number of carbonyl (C=O) groups excluding carboxylic acids is 1. The molecule has 3 atom stereocenters. The van der Waals surface area contributed by atoms with E-state index in [1.165, 1.54) is 6.42 Å². The van der Waals surface area contributed by atoms with Gasteiger partial charge in [0.2, 0.25) is 11.6 Å². The Balaban J connectivity index is 1.04. The van der Waals surface area contributed by atoms with Crippen molar-refractivity contribution >= 4 is 41.0 Å². The highest BCUT2D eigenvalue weighted by Gasteiger charge is 2.67. The molecule has 11 heteroatoms. The normalized spacial score (nSPS) is 36.0. The number of anilines is 1. The molecule has 5 saturated carbocycles. The number of rotatable bonds is 10. The van der Waals surface area contributed by atoms with Gasteiger partial charge in [0.05, 0.1) is 0 Å². The number of nitrogens with zero attached hydrogens (tertiary/aromatic N) is 1. The third-order valence-electron chi connectivity index (χ3n) is 9.88. The van der Waals surface area contributed by atoms with Crippen molar-refractivity contribution in [2.24, 2.45) is 23.7 Å². The zero-order valence-electron chi connectivity index (χ0n) is 23.3. The predicted octanol–water partition coefficient (Wildman–Crippen LogP) is 5.46. The lowest BCUT2D eigenvalue weighted by Crippen LogP contribution is -2.59. The molecule has 226 valence electrons. The number of hydrogen-bond donors (Lipinski definition) is 2. The van der Waals surface area contributed by atoms with Gasteiger partial charge in [-0.2, -0.15) is 9.78 Å². The summed E-state index contributed by atoms with van der Waals surface area (Å²) in [4.78, 5) is 39.0. The number of alkyl halides is 2. The maximum absolute atomic E-state index is 12.9. The van der Waals surface area contributed by atoms with E-state index in [0.29, 0.717) is 55.9 Å². The van der Waals surface area contributed by atoms with Crippen molar-refractivity contribution in [2.45, 2.75) is 87.9 Å². The van der Waals surface area contributed by atoms with Crippen molar-refractivity contribution in [3.63, 3.8) is 0 Å². The maximum Gasteiger partial charge on any atom is 0.408 e. The summed E-state index contributed by atoms with van der Waals surface area (Å²) in [6.07, 6.45) is 7.25. The van der Waals surface area contributed by atoms with Gasteiger partial charge in [-0.25, -0.2) is 9.59 Å². The molecule has 0 radical (unpaired) electrons. The van der Waals surface area contributed by atoms with E-state index in [1.807, 2.05) is 24.3 Å². The van der Waals surface area contributed by atoms with E-state index < -0.39 is 35.8 Å². The average molecular weight is 612 g/mol. The molecular formula is C30H40Cl2N2O7. The summed E-state index contributed by atoms with van der Waals surface area (Å²) >= 11 is 11.8. The number of aliphatic carboxylic acids is 1. The second kappa shape index (κ2) is 12.1. The van der Waals surface area contributed by atoms with Gasteiger partial charge in [-0.15, -0.1) is 23.2 Å². The van der Waals surface area contributed by atoms with Crippen LogP contribution in [0.2, 0.25) is 0 Å². The largest absolute Gasteiger partial charge is 0.480 e. The van der Waals surface area contributed by atoms with Crippen LogP contribution in [0, 0.1) is 23.7 Å². The molecule has 4 bridgehead atoms. The molecule has 1 aromatic carbocycles. The lowest BCUT2D eigenvalue weighted by Gasteiger charge is -2.57. The molecule has 41 heavy (non-hydrogen) atoms. The van der Waals surface area contributed by atoms with Crippen molar-refractivity contribution in [3.8, 4) is 0 Å². The molecule has 5 aliphatic carbocycles. The standard InChI is InChI=1S/C30H40Cl2N2O7/c31-8-10-34(11-9-32)24-5-3-19(4-6-24)17-26(27(35)36)33-28(37)38-25-2-1-7-29(18-25)39-30(41-40-29)22-13-20-12-21(15-22)16-23(30)14-20/h3-6,20-23,25-26H,1-2,7-18H2,(H,33,37)(H,35,36)/t20?,21?,22?,23?,25?,26-,29+,30?/m0/s1. The van der Waals surface area contributed by atoms with Gasteiger partial charge in [-0.1, -0.05) is 12.1 Å². The Labute approximate surface area is 251 Å². The first kappa shape index (κ1) is 29.3. The minimum atomic E-state index is -1.13. The number of nitrogens with one attached hydrogen (secondary N) is 1. The van der Waals surface area contributed by atoms with E-state index >= 15 is 0 Å². The van der Waals surface area contributed by atoms with Crippen LogP contribution >= 0.6 is 23.2 Å². The molecular weight excluding hydrogens is 571 g/mol. The number of amides is 1. The van der Waals surface area contributed by atoms with Crippen molar-refractivity contribution in [1.82, 2.24) is 5.32 Å². The van der Waals surface area contributed by atoms with Gasteiger partial charge in [-0.3, -0.25) is 0 Å². The second-order valence-electron chi connectivity index (χ2n) is 12.6. The van der Waals surface area contributed by atoms with E-state index in [1.54, 1.807) is 0 Å². The summed E-state index contributed by atoms with van der Waals surface area (Å²) in [7, 11) is 0. The van der Waals surface area contributed by atoms with E-state index in [2.05, 4.69) is 10.2 Å². The smallest absolute Gasteiger partial charge is 0.408 e. The Morgan fingerprint density at radius 1 is 1.02 bits per heavy atom. The van der Waals surface area contributed by atoms with Crippen LogP contribution in [0.3, 0.4) is 0 Å². The van der Waals surface area contributed by atoms with Gasteiger partial charge in [0, 0.05) is 61.6 Å². The Bertz CT molecular complexity index is 1070. The summed E-state index contributed by atoms with van der Waals surface area (Å²) < 4.78 is 12.5. The molecule has 1 amide bonds. The van der Waals surface area contributed by atoms with Gasteiger partial charge >= 0.3 is 12.1 Å². The van der Waals surface area contributed by atoms with Crippen molar-refractivity contribution in [1.29, 1.82) is 0 Å². The number of ether oxygens (including phenoxy) is 2. The first-order chi connectivity index (χ1) is 19.8. The van der Waals surface area contributed by atoms with Crippen LogP contribution in [0.1, 0.15) is 63.4 Å². The molecule has 0 aromatic heterocycles. The predicted molar refractivity (Wildman–Crippen MR) is 153 cm³/mol. The molecule has 1 aliphatic heterocycles. The number of hydrogen-bond acceptors (Lipinski definition) is 7. The quantitative estimate of drug-likeness (QED) is 0.266. The Morgan fingerprint density at radius 3 is 2.29 bits per heavy atom. The molecule has 9 nitrogen and oxygen atoms in total. The third-order valence-corrected chi connectivity index (χ3v) is 10.2.